The van der Waals surface area contributed by atoms with Crippen LogP contribution in [0.15, 0.2) is 74.5 Å². The molecule has 0 aliphatic heterocycles. The number of fused-ring (bicyclic) bond motifs is 1. The van der Waals surface area contributed by atoms with Crippen molar-refractivity contribution in [3.8, 4) is 17.2 Å². The molecule has 3 aromatic carbocycles. The van der Waals surface area contributed by atoms with Crippen LogP contribution < -0.4 is 0 Å². The van der Waals surface area contributed by atoms with Crippen molar-refractivity contribution in [1.82, 2.24) is 4.98 Å². The second-order valence-electron chi connectivity index (χ2n) is 5.91. The van der Waals surface area contributed by atoms with Crippen molar-refractivity contribution in [2.75, 3.05) is 0 Å². The molecule has 8 heteroatoms. The van der Waals surface area contributed by atoms with Gasteiger partial charge in [0.1, 0.15) is 5.52 Å². The van der Waals surface area contributed by atoms with Crippen LogP contribution in [0.5, 0.6) is 5.75 Å². The maximum Gasteiger partial charge on any atom is 0.311 e. The number of phenolic OH excluding ortho intramolecular Hbond substituents is 1. The molecule has 0 saturated carbocycles. The van der Waals surface area contributed by atoms with E-state index < -0.39 is 10.7 Å². The molecule has 0 fully saturated rings. The van der Waals surface area contributed by atoms with Crippen LogP contribution in [0, 0.1) is 10.1 Å². The average Bonchev–Trinajstić information content (AvgIpc) is 3.10. The van der Waals surface area contributed by atoms with Crippen molar-refractivity contribution in [2.24, 2.45) is 4.99 Å². The first-order chi connectivity index (χ1) is 13.5. The molecule has 1 heterocycles. The summed E-state index contributed by atoms with van der Waals surface area (Å²) in [4.78, 5) is 19.0. The number of oxazole rings is 1. The van der Waals surface area contributed by atoms with E-state index in [1.807, 2.05) is 24.3 Å². The predicted molar refractivity (Wildman–Crippen MR) is 109 cm³/mol. The Balaban J connectivity index is 1.66. The van der Waals surface area contributed by atoms with Gasteiger partial charge in [-0.15, -0.1) is 0 Å². The van der Waals surface area contributed by atoms with Gasteiger partial charge < -0.3 is 9.52 Å². The minimum Gasteiger partial charge on any atom is -0.502 e. The smallest absolute Gasteiger partial charge is 0.311 e. The van der Waals surface area contributed by atoms with E-state index in [4.69, 9.17) is 4.42 Å². The van der Waals surface area contributed by atoms with Crippen molar-refractivity contribution in [2.45, 2.75) is 0 Å². The lowest BCUT2D eigenvalue weighted by Gasteiger charge is -1.99. The van der Waals surface area contributed by atoms with Gasteiger partial charge in [0.2, 0.25) is 11.6 Å². The molecule has 138 valence electrons. The Morgan fingerprint density at radius 2 is 1.96 bits per heavy atom. The average molecular weight is 438 g/mol. The SMILES string of the molecule is O=[N+]([O-])c1cccc(C=Nc2ccc3nc(-c4cccc(Br)c4)oc3c2)c1O. The number of phenols is 1. The van der Waals surface area contributed by atoms with Crippen LogP contribution in [-0.4, -0.2) is 21.2 Å². The molecule has 28 heavy (non-hydrogen) atoms. The Hall–Kier alpha value is -3.52. The number of hydrogen-bond acceptors (Lipinski definition) is 6. The number of para-hydroxylation sites is 1. The van der Waals surface area contributed by atoms with Gasteiger partial charge in [-0.3, -0.25) is 15.1 Å². The summed E-state index contributed by atoms with van der Waals surface area (Å²) in [6, 6.07) is 17.1. The van der Waals surface area contributed by atoms with E-state index in [1.165, 1.54) is 18.3 Å². The van der Waals surface area contributed by atoms with Crippen LogP contribution in [0.2, 0.25) is 0 Å². The van der Waals surface area contributed by atoms with E-state index >= 15 is 0 Å². The fourth-order valence-corrected chi connectivity index (χ4v) is 3.08. The predicted octanol–water partition coefficient (Wildman–Crippen LogP) is 5.62. The Kier molecular flexibility index (Phi) is 4.62. The van der Waals surface area contributed by atoms with Crippen LogP contribution in [-0.2, 0) is 0 Å². The number of aliphatic imine (C=N–C) groups is 1. The van der Waals surface area contributed by atoms with Crippen LogP contribution in [0.1, 0.15) is 5.56 Å². The zero-order chi connectivity index (χ0) is 19.7. The molecule has 0 atom stereocenters. The van der Waals surface area contributed by atoms with Gasteiger partial charge in [-0.05, 0) is 36.4 Å². The van der Waals surface area contributed by atoms with Gasteiger partial charge in [-0.2, -0.15) is 0 Å². The highest BCUT2D eigenvalue weighted by Crippen LogP contribution is 2.30. The quantitative estimate of drug-likeness (QED) is 0.253. The molecule has 0 saturated heterocycles. The number of nitro benzene ring substituents is 1. The minimum absolute atomic E-state index is 0.252. The zero-order valence-corrected chi connectivity index (χ0v) is 15.8. The Labute approximate surface area is 167 Å². The second kappa shape index (κ2) is 7.24. The van der Waals surface area contributed by atoms with Gasteiger partial charge in [0, 0.05) is 33.9 Å². The van der Waals surface area contributed by atoms with Gasteiger partial charge in [0.05, 0.1) is 10.6 Å². The van der Waals surface area contributed by atoms with Crippen molar-refractivity contribution >= 4 is 44.6 Å². The lowest BCUT2D eigenvalue weighted by Crippen LogP contribution is -1.91. The number of aromatic hydroxyl groups is 1. The van der Waals surface area contributed by atoms with Gasteiger partial charge in [-0.25, -0.2) is 4.98 Å². The molecule has 0 radical (unpaired) electrons. The largest absolute Gasteiger partial charge is 0.502 e. The van der Waals surface area contributed by atoms with E-state index in [0.717, 1.165) is 10.0 Å². The van der Waals surface area contributed by atoms with Crippen LogP contribution in [0.3, 0.4) is 0 Å². The second-order valence-corrected chi connectivity index (χ2v) is 6.83. The Morgan fingerprint density at radius 1 is 1.14 bits per heavy atom. The van der Waals surface area contributed by atoms with E-state index in [2.05, 4.69) is 25.9 Å². The van der Waals surface area contributed by atoms with Crippen molar-refractivity contribution in [3.05, 3.63) is 80.8 Å². The summed E-state index contributed by atoms with van der Waals surface area (Å²) in [6.45, 7) is 0. The number of hydrogen-bond donors (Lipinski definition) is 1. The fraction of sp³-hybridized carbons (Fsp3) is 0. The van der Waals surface area contributed by atoms with Crippen LogP contribution in [0.25, 0.3) is 22.6 Å². The highest BCUT2D eigenvalue weighted by Gasteiger charge is 2.15. The molecule has 1 N–H and O–H groups in total. The number of nitro groups is 1. The molecule has 4 rings (SSSR count). The molecule has 0 spiro atoms. The molecule has 0 bridgehead atoms. The first-order valence-electron chi connectivity index (χ1n) is 8.18. The van der Waals surface area contributed by atoms with Gasteiger partial charge >= 0.3 is 5.69 Å². The molecular formula is C20H12BrN3O4. The van der Waals surface area contributed by atoms with E-state index in [1.54, 1.807) is 24.3 Å². The zero-order valence-electron chi connectivity index (χ0n) is 14.2. The summed E-state index contributed by atoms with van der Waals surface area (Å²) in [7, 11) is 0. The third kappa shape index (κ3) is 3.49. The normalized spacial score (nSPS) is 11.3. The summed E-state index contributed by atoms with van der Waals surface area (Å²) in [5.74, 6) is 0.0719. The molecule has 0 aliphatic rings. The molecule has 1 aromatic heterocycles. The molecular weight excluding hydrogens is 426 g/mol. The molecule has 0 aliphatic carbocycles. The maximum atomic E-state index is 10.9. The van der Waals surface area contributed by atoms with Gasteiger partial charge in [-0.1, -0.05) is 28.1 Å². The molecule has 7 nitrogen and oxygen atoms in total. The van der Waals surface area contributed by atoms with Crippen LogP contribution in [0.4, 0.5) is 11.4 Å². The number of halogens is 1. The highest BCUT2D eigenvalue weighted by molar-refractivity contribution is 9.10. The van der Waals surface area contributed by atoms with Crippen molar-refractivity contribution in [3.63, 3.8) is 0 Å². The minimum atomic E-state index is -0.642. The third-order valence-electron chi connectivity index (χ3n) is 4.04. The summed E-state index contributed by atoms with van der Waals surface area (Å²) < 4.78 is 6.76. The van der Waals surface area contributed by atoms with E-state index in [9.17, 15) is 15.2 Å². The van der Waals surface area contributed by atoms with Gasteiger partial charge in [0.15, 0.2) is 5.58 Å². The maximum absolute atomic E-state index is 10.9. The summed E-state index contributed by atoms with van der Waals surface area (Å²) >= 11 is 3.43. The number of aromatic nitrogens is 1. The highest BCUT2D eigenvalue weighted by atomic mass is 79.9. The van der Waals surface area contributed by atoms with Crippen LogP contribution >= 0.6 is 15.9 Å². The van der Waals surface area contributed by atoms with Gasteiger partial charge in [0.25, 0.3) is 0 Å². The Morgan fingerprint density at radius 3 is 2.75 bits per heavy atom. The Bertz CT molecular complexity index is 1230. The first kappa shape index (κ1) is 17.9. The molecule has 0 unspecified atom stereocenters. The fourth-order valence-electron chi connectivity index (χ4n) is 2.68. The number of nitrogens with zero attached hydrogens (tertiary/aromatic N) is 3. The summed E-state index contributed by atoms with van der Waals surface area (Å²) in [5.41, 5.74) is 2.54. The standard InChI is InChI=1S/C20H12BrN3O4/c21-14-5-1-3-12(9-14)20-23-16-8-7-15(10-18(16)28-20)22-11-13-4-2-6-17(19(13)25)24(26)27/h1-11,25H. The summed E-state index contributed by atoms with van der Waals surface area (Å²) in [5, 5.41) is 20.9. The van der Waals surface area contributed by atoms with E-state index in [-0.39, 0.29) is 11.3 Å². The molecule has 0 amide bonds. The number of benzene rings is 3. The monoisotopic (exact) mass is 437 g/mol. The topological polar surface area (TPSA) is 102 Å². The van der Waals surface area contributed by atoms with E-state index in [0.29, 0.717) is 22.7 Å². The van der Waals surface area contributed by atoms with Crippen molar-refractivity contribution < 1.29 is 14.4 Å². The number of rotatable bonds is 4. The van der Waals surface area contributed by atoms with Crippen molar-refractivity contribution in [1.29, 1.82) is 0 Å². The lowest BCUT2D eigenvalue weighted by molar-refractivity contribution is -0.385. The first-order valence-corrected chi connectivity index (χ1v) is 8.97. The summed E-state index contributed by atoms with van der Waals surface area (Å²) in [6.07, 6.45) is 1.37. The molecule has 4 aromatic rings. The lowest BCUT2D eigenvalue weighted by atomic mass is 10.2. The third-order valence-corrected chi connectivity index (χ3v) is 4.53.